The maximum atomic E-state index is 5.83. The van der Waals surface area contributed by atoms with Gasteiger partial charge < -0.3 is 11.1 Å². The van der Waals surface area contributed by atoms with Gasteiger partial charge >= 0.3 is 0 Å². The van der Waals surface area contributed by atoms with E-state index in [0.29, 0.717) is 5.96 Å². The Bertz CT molecular complexity index is 416. The van der Waals surface area contributed by atoms with Crippen LogP contribution in [-0.2, 0) is 12.8 Å². The molecule has 0 saturated heterocycles. The molecule has 0 unspecified atom stereocenters. The fourth-order valence-corrected chi connectivity index (χ4v) is 2.19. The van der Waals surface area contributed by atoms with E-state index in [1.54, 1.807) is 0 Å². The highest BCUT2D eigenvalue weighted by molar-refractivity contribution is 14.0. The molecule has 1 aliphatic rings. The lowest BCUT2D eigenvalue weighted by Gasteiger charge is -2.07. The van der Waals surface area contributed by atoms with E-state index >= 15 is 0 Å². The van der Waals surface area contributed by atoms with Crippen LogP contribution in [0.4, 0.5) is 5.69 Å². The molecule has 1 aliphatic carbocycles. The van der Waals surface area contributed by atoms with Gasteiger partial charge in [0.15, 0.2) is 5.96 Å². The second-order valence-electron chi connectivity index (χ2n) is 4.58. The number of nitrogens with one attached hydrogen (secondary N) is 1. The van der Waals surface area contributed by atoms with Crippen molar-refractivity contribution >= 4 is 35.6 Å². The lowest BCUT2D eigenvalue weighted by Crippen LogP contribution is -2.22. The van der Waals surface area contributed by atoms with Gasteiger partial charge in [-0.3, -0.25) is 4.99 Å². The number of hydrogen-bond acceptors (Lipinski definition) is 1. The first-order valence-electron chi connectivity index (χ1n) is 6.48. The fraction of sp³-hybridized carbons (Fsp3) is 0.500. The van der Waals surface area contributed by atoms with Gasteiger partial charge in [0.1, 0.15) is 0 Å². The molecule has 1 aromatic rings. The van der Waals surface area contributed by atoms with Crippen molar-refractivity contribution in [3.8, 4) is 0 Å². The van der Waals surface area contributed by atoms with Crippen molar-refractivity contribution in [1.29, 1.82) is 0 Å². The largest absolute Gasteiger partial charge is 0.370 e. The van der Waals surface area contributed by atoms with Crippen molar-refractivity contribution in [3.05, 3.63) is 29.3 Å². The van der Waals surface area contributed by atoms with Crippen molar-refractivity contribution in [2.24, 2.45) is 10.7 Å². The molecular formula is C14H22IN3. The average molecular weight is 359 g/mol. The molecular weight excluding hydrogens is 337 g/mol. The maximum absolute atomic E-state index is 5.83. The molecule has 0 fully saturated rings. The van der Waals surface area contributed by atoms with E-state index in [0.717, 1.165) is 25.1 Å². The van der Waals surface area contributed by atoms with Crippen LogP contribution >= 0.6 is 24.0 Å². The predicted molar refractivity (Wildman–Crippen MR) is 88.9 cm³/mol. The zero-order valence-corrected chi connectivity index (χ0v) is 13.2. The number of hydrogen-bond donors (Lipinski definition) is 2. The van der Waals surface area contributed by atoms with Crippen LogP contribution in [0.2, 0.25) is 0 Å². The van der Waals surface area contributed by atoms with Gasteiger partial charge in [0.05, 0.1) is 0 Å². The van der Waals surface area contributed by atoms with Crippen LogP contribution in [0, 0.1) is 0 Å². The number of nitrogens with zero attached hydrogens (tertiary/aromatic N) is 1. The van der Waals surface area contributed by atoms with Crippen LogP contribution in [0.25, 0.3) is 0 Å². The van der Waals surface area contributed by atoms with Crippen LogP contribution in [0.3, 0.4) is 0 Å². The van der Waals surface area contributed by atoms with Crippen molar-refractivity contribution in [2.45, 2.75) is 39.0 Å². The molecule has 2 rings (SSSR count). The quantitative estimate of drug-likeness (QED) is 0.375. The van der Waals surface area contributed by atoms with E-state index in [9.17, 15) is 0 Å². The van der Waals surface area contributed by atoms with Crippen molar-refractivity contribution in [3.63, 3.8) is 0 Å². The minimum atomic E-state index is 0. The number of anilines is 1. The number of halogens is 1. The monoisotopic (exact) mass is 359 g/mol. The number of benzene rings is 1. The second kappa shape index (κ2) is 7.61. The summed E-state index contributed by atoms with van der Waals surface area (Å²) in [4.78, 5) is 4.29. The normalized spacial score (nSPS) is 13.9. The maximum Gasteiger partial charge on any atom is 0.193 e. The molecule has 0 saturated carbocycles. The molecule has 3 nitrogen and oxygen atoms in total. The molecule has 0 aromatic heterocycles. The number of guanidine groups is 1. The van der Waals surface area contributed by atoms with E-state index < -0.39 is 0 Å². The Balaban J connectivity index is 0.00000162. The van der Waals surface area contributed by atoms with Gasteiger partial charge in [-0.15, -0.1) is 24.0 Å². The zero-order chi connectivity index (χ0) is 12.1. The van der Waals surface area contributed by atoms with E-state index in [4.69, 9.17) is 5.73 Å². The molecule has 0 aliphatic heterocycles. The topological polar surface area (TPSA) is 50.4 Å². The minimum absolute atomic E-state index is 0. The van der Waals surface area contributed by atoms with Crippen LogP contribution in [0.5, 0.6) is 0 Å². The van der Waals surface area contributed by atoms with Crippen molar-refractivity contribution in [2.75, 3.05) is 11.9 Å². The molecule has 0 atom stereocenters. The van der Waals surface area contributed by atoms with Gasteiger partial charge in [0.25, 0.3) is 0 Å². The fourth-order valence-electron chi connectivity index (χ4n) is 2.19. The predicted octanol–water partition coefficient (Wildman–Crippen LogP) is 3.32. The first-order chi connectivity index (χ1) is 8.29. The Kier molecular flexibility index (Phi) is 6.46. The zero-order valence-electron chi connectivity index (χ0n) is 10.9. The summed E-state index contributed by atoms with van der Waals surface area (Å²) in [7, 11) is 0. The van der Waals surface area contributed by atoms with Gasteiger partial charge in [-0.2, -0.15) is 0 Å². The molecule has 0 bridgehead atoms. The Labute approximate surface area is 126 Å². The van der Waals surface area contributed by atoms with Gasteiger partial charge in [0, 0.05) is 12.2 Å². The SMILES string of the molecule is CCCCN=C(N)Nc1ccc2c(c1)CCC2.I. The first-order valence-corrected chi connectivity index (χ1v) is 6.48. The highest BCUT2D eigenvalue weighted by atomic mass is 127. The van der Waals surface area contributed by atoms with E-state index in [1.807, 2.05) is 0 Å². The Morgan fingerprint density at radius 1 is 1.33 bits per heavy atom. The van der Waals surface area contributed by atoms with E-state index in [2.05, 4.69) is 35.4 Å². The van der Waals surface area contributed by atoms with Crippen LogP contribution in [-0.4, -0.2) is 12.5 Å². The van der Waals surface area contributed by atoms with Crippen LogP contribution in [0.15, 0.2) is 23.2 Å². The molecule has 100 valence electrons. The number of nitrogens with two attached hydrogens (primary N) is 1. The molecule has 18 heavy (non-hydrogen) atoms. The number of aliphatic imine (C=N–C) groups is 1. The smallest absolute Gasteiger partial charge is 0.193 e. The van der Waals surface area contributed by atoms with Crippen LogP contribution < -0.4 is 11.1 Å². The Hall–Kier alpha value is -0.780. The summed E-state index contributed by atoms with van der Waals surface area (Å²) in [6.07, 6.45) is 5.93. The number of aryl methyl sites for hydroxylation is 2. The summed E-state index contributed by atoms with van der Waals surface area (Å²) < 4.78 is 0. The highest BCUT2D eigenvalue weighted by Crippen LogP contribution is 2.24. The summed E-state index contributed by atoms with van der Waals surface area (Å²) in [5, 5.41) is 3.16. The molecule has 0 amide bonds. The van der Waals surface area contributed by atoms with Crippen LogP contribution in [0.1, 0.15) is 37.3 Å². The number of unbranched alkanes of at least 4 members (excludes halogenated alkanes) is 1. The summed E-state index contributed by atoms with van der Waals surface area (Å²) in [5.74, 6) is 0.524. The third-order valence-electron chi connectivity index (χ3n) is 3.16. The number of rotatable bonds is 4. The number of fused-ring (bicyclic) bond motifs is 1. The third kappa shape index (κ3) is 4.15. The summed E-state index contributed by atoms with van der Waals surface area (Å²) in [6, 6.07) is 6.49. The van der Waals surface area contributed by atoms with E-state index in [1.165, 1.54) is 30.4 Å². The first kappa shape index (κ1) is 15.3. The van der Waals surface area contributed by atoms with Gasteiger partial charge in [-0.05, 0) is 48.9 Å². The molecule has 0 spiro atoms. The van der Waals surface area contributed by atoms with Gasteiger partial charge in [-0.25, -0.2) is 0 Å². The molecule has 3 N–H and O–H groups in total. The summed E-state index contributed by atoms with van der Waals surface area (Å²) >= 11 is 0. The minimum Gasteiger partial charge on any atom is -0.370 e. The molecule has 4 heteroatoms. The molecule has 0 radical (unpaired) electrons. The summed E-state index contributed by atoms with van der Waals surface area (Å²) in [6.45, 7) is 2.96. The third-order valence-corrected chi connectivity index (χ3v) is 3.16. The van der Waals surface area contributed by atoms with Crippen molar-refractivity contribution in [1.82, 2.24) is 0 Å². The highest BCUT2D eigenvalue weighted by Gasteiger charge is 2.10. The Morgan fingerprint density at radius 2 is 2.11 bits per heavy atom. The van der Waals surface area contributed by atoms with Crippen molar-refractivity contribution < 1.29 is 0 Å². The Morgan fingerprint density at radius 3 is 2.89 bits per heavy atom. The standard InChI is InChI=1S/C14H21N3.HI/c1-2-3-9-16-14(15)17-13-8-7-11-5-4-6-12(11)10-13;/h7-8,10H,2-6,9H2,1H3,(H3,15,16,17);1H. The second-order valence-corrected chi connectivity index (χ2v) is 4.58. The summed E-state index contributed by atoms with van der Waals surface area (Å²) in [5.41, 5.74) is 9.83. The molecule has 0 heterocycles. The van der Waals surface area contributed by atoms with Gasteiger partial charge in [-0.1, -0.05) is 19.4 Å². The lowest BCUT2D eigenvalue weighted by molar-refractivity contribution is 0.807. The van der Waals surface area contributed by atoms with Gasteiger partial charge in [0.2, 0.25) is 0 Å². The average Bonchev–Trinajstić information content (AvgIpc) is 2.76. The lowest BCUT2D eigenvalue weighted by atomic mass is 10.1. The molecule has 1 aromatic carbocycles. The van der Waals surface area contributed by atoms with E-state index in [-0.39, 0.29) is 24.0 Å².